The number of carbonyl (C=O) groups is 1. The number of thiophene rings is 1. The molecule has 1 amide bonds. The molecule has 0 bridgehead atoms. The molecule has 0 atom stereocenters. The Morgan fingerprint density at radius 3 is 2.70 bits per heavy atom. The Morgan fingerprint density at radius 2 is 2.11 bits per heavy atom. The molecule has 1 fully saturated rings. The van der Waals surface area contributed by atoms with Gasteiger partial charge >= 0.3 is 6.09 Å². The third-order valence-electron chi connectivity index (χ3n) is 5.13. The predicted octanol–water partition coefficient (Wildman–Crippen LogP) is 3.51. The summed E-state index contributed by atoms with van der Waals surface area (Å²) in [7, 11) is 0. The van der Waals surface area contributed by atoms with E-state index in [4.69, 9.17) is 9.72 Å². The van der Waals surface area contributed by atoms with Crippen molar-refractivity contribution in [3.63, 3.8) is 0 Å². The van der Waals surface area contributed by atoms with Gasteiger partial charge in [0.2, 0.25) is 0 Å². The van der Waals surface area contributed by atoms with E-state index in [0.29, 0.717) is 18.5 Å². The van der Waals surface area contributed by atoms with Crippen molar-refractivity contribution in [1.29, 1.82) is 0 Å². The fourth-order valence-electron chi connectivity index (χ4n) is 3.54. The number of nitrogens with one attached hydrogen (secondary N) is 1. The zero-order chi connectivity index (χ0) is 19.4. The molecule has 27 heavy (non-hydrogen) atoms. The van der Waals surface area contributed by atoms with Crippen LogP contribution in [0.2, 0.25) is 0 Å². The first-order chi connectivity index (χ1) is 12.7. The van der Waals surface area contributed by atoms with E-state index in [1.165, 1.54) is 10.4 Å². The third kappa shape index (κ3) is 3.40. The Hall–Kier alpha value is -2.15. The van der Waals surface area contributed by atoms with Crippen LogP contribution >= 0.6 is 11.3 Å². The number of carbonyl (C=O) groups excluding carboxylic acids is 1. The zero-order valence-corrected chi connectivity index (χ0v) is 17.0. The molecule has 4 rings (SSSR count). The van der Waals surface area contributed by atoms with Crippen molar-refractivity contribution < 1.29 is 9.53 Å². The summed E-state index contributed by atoms with van der Waals surface area (Å²) in [6.45, 7) is 8.37. The highest BCUT2D eigenvalue weighted by Crippen LogP contribution is 2.53. The number of aryl methyl sites for hydroxylation is 1. The van der Waals surface area contributed by atoms with Gasteiger partial charge in [-0.05, 0) is 57.5 Å². The molecule has 1 N–H and O–H groups in total. The SMILES string of the molecule is Cc1csc(C2(c3nc4c(c(=O)[nH]3)CN(C(=O)OC(C)(C)C)CC4)CC2)c1. The topological polar surface area (TPSA) is 75.3 Å². The highest BCUT2D eigenvalue weighted by atomic mass is 32.1. The summed E-state index contributed by atoms with van der Waals surface area (Å²) in [4.78, 5) is 35.8. The van der Waals surface area contributed by atoms with Gasteiger partial charge in [-0.3, -0.25) is 4.79 Å². The minimum absolute atomic E-state index is 0.130. The summed E-state index contributed by atoms with van der Waals surface area (Å²) < 4.78 is 5.44. The smallest absolute Gasteiger partial charge is 0.410 e. The van der Waals surface area contributed by atoms with Crippen LogP contribution < -0.4 is 5.56 Å². The quantitative estimate of drug-likeness (QED) is 0.856. The molecule has 2 aromatic rings. The van der Waals surface area contributed by atoms with Crippen molar-refractivity contribution in [3.05, 3.63) is 49.3 Å². The molecule has 0 spiro atoms. The number of ether oxygens (including phenoxy) is 1. The number of rotatable bonds is 2. The molecule has 144 valence electrons. The van der Waals surface area contributed by atoms with Crippen LogP contribution in [-0.2, 0) is 23.1 Å². The van der Waals surface area contributed by atoms with Gasteiger partial charge in [0, 0.05) is 17.8 Å². The van der Waals surface area contributed by atoms with Crippen LogP contribution in [-0.4, -0.2) is 33.1 Å². The number of H-pyrrole nitrogens is 1. The molecule has 1 saturated carbocycles. The molecular formula is C20H25N3O3S. The Bertz CT molecular complexity index is 950. The van der Waals surface area contributed by atoms with Gasteiger partial charge in [0.15, 0.2) is 0 Å². The standard InChI is InChI=1S/C20H25N3O3S/c1-12-9-15(27-11-12)20(6-7-20)17-21-14-5-8-23(10-13(14)16(24)22-17)18(25)26-19(2,3)4/h9,11H,5-8,10H2,1-4H3,(H,21,22,24). The van der Waals surface area contributed by atoms with Crippen LogP contribution in [0, 0.1) is 6.92 Å². The van der Waals surface area contributed by atoms with Crippen LogP contribution in [0.3, 0.4) is 0 Å². The summed E-state index contributed by atoms with van der Waals surface area (Å²) >= 11 is 1.74. The van der Waals surface area contributed by atoms with E-state index in [1.54, 1.807) is 16.2 Å². The summed E-state index contributed by atoms with van der Waals surface area (Å²) in [5.74, 6) is 0.777. The number of hydrogen-bond acceptors (Lipinski definition) is 5. The first kappa shape index (κ1) is 18.2. The predicted molar refractivity (Wildman–Crippen MR) is 104 cm³/mol. The Labute approximate surface area is 162 Å². The molecule has 3 heterocycles. The zero-order valence-electron chi connectivity index (χ0n) is 16.2. The molecule has 1 aliphatic heterocycles. The second-order valence-corrected chi connectivity index (χ2v) is 9.47. The molecule has 2 aromatic heterocycles. The van der Waals surface area contributed by atoms with Gasteiger partial charge in [-0.25, -0.2) is 9.78 Å². The fourth-order valence-corrected chi connectivity index (χ4v) is 4.70. The molecule has 0 radical (unpaired) electrons. The van der Waals surface area contributed by atoms with Gasteiger partial charge in [-0.2, -0.15) is 0 Å². The van der Waals surface area contributed by atoms with Crippen molar-refractivity contribution in [2.75, 3.05) is 6.54 Å². The molecule has 0 aromatic carbocycles. The molecule has 6 nitrogen and oxygen atoms in total. The molecule has 7 heteroatoms. The van der Waals surface area contributed by atoms with E-state index >= 15 is 0 Å². The molecular weight excluding hydrogens is 362 g/mol. The molecule has 0 saturated heterocycles. The lowest BCUT2D eigenvalue weighted by Gasteiger charge is -2.30. The number of fused-ring (bicyclic) bond motifs is 1. The van der Waals surface area contributed by atoms with E-state index in [9.17, 15) is 9.59 Å². The van der Waals surface area contributed by atoms with Crippen LogP contribution in [0.1, 0.15) is 61.1 Å². The summed E-state index contributed by atoms with van der Waals surface area (Å²) in [5.41, 5.74) is 1.82. The Morgan fingerprint density at radius 1 is 1.37 bits per heavy atom. The first-order valence-electron chi connectivity index (χ1n) is 9.34. The number of aromatic nitrogens is 2. The lowest BCUT2D eigenvalue weighted by molar-refractivity contribution is 0.0221. The summed E-state index contributed by atoms with van der Waals surface area (Å²) in [6, 6.07) is 2.20. The number of aromatic amines is 1. The Balaban J connectivity index is 1.61. The normalized spacial score (nSPS) is 18.1. The molecule has 2 aliphatic rings. The summed E-state index contributed by atoms with van der Waals surface area (Å²) in [5, 5.41) is 2.14. The number of hydrogen-bond donors (Lipinski definition) is 1. The molecule has 1 aliphatic carbocycles. The van der Waals surface area contributed by atoms with Crippen LogP contribution in [0.5, 0.6) is 0 Å². The fraction of sp³-hybridized carbons (Fsp3) is 0.550. The van der Waals surface area contributed by atoms with E-state index < -0.39 is 5.60 Å². The highest BCUT2D eigenvalue weighted by Gasteiger charge is 2.49. The van der Waals surface area contributed by atoms with Crippen molar-refractivity contribution >= 4 is 17.4 Å². The van der Waals surface area contributed by atoms with E-state index in [1.807, 2.05) is 20.8 Å². The van der Waals surface area contributed by atoms with E-state index in [2.05, 4.69) is 23.4 Å². The number of amides is 1. The van der Waals surface area contributed by atoms with Gasteiger partial charge in [-0.15, -0.1) is 11.3 Å². The maximum Gasteiger partial charge on any atom is 0.410 e. The minimum Gasteiger partial charge on any atom is -0.444 e. The van der Waals surface area contributed by atoms with Gasteiger partial charge in [0.1, 0.15) is 11.4 Å². The van der Waals surface area contributed by atoms with Crippen molar-refractivity contribution in [2.24, 2.45) is 0 Å². The monoisotopic (exact) mass is 387 g/mol. The number of nitrogens with zero attached hydrogens (tertiary/aromatic N) is 2. The van der Waals surface area contributed by atoms with Crippen molar-refractivity contribution in [1.82, 2.24) is 14.9 Å². The van der Waals surface area contributed by atoms with Gasteiger partial charge in [0.25, 0.3) is 5.56 Å². The van der Waals surface area contributed by atoms with Crippen LogP contribution in [0.4, 0.5) is 4.79 Å². The van der Waals surface area contributed by atoms with Gasteiger partial charge in [-0.1, -0.05) is 0 Å². The van der Waals surface area contributed by atoms with Gasteiger partial charge in [0.05, 0.1) is 23.2 Å². The van der Waals surface area contributed by atoms with Gasteiger partial charge < -0.3 is 14.6 Å². The highest BCUT2D eigenvalue weighted by molar-refractivity contribution is 7.10. The van der Waals surface area contributed by atoms with Crippen molar-refractivity contribution in [2.45, 2.75) is 64.5 Å². The maximum atomic E-state index is 12.8. The van der Waals surface area contributed by atoms with Crippen molar-refractivity contribution in [3.8, 4) is 0 Å². The largest absolute Gasteiger partial charge is 0.444 e. The Kier molecular flexibility index (Phi) is 4.18. The lowest BCUT2D eigenvalue weighted by atomic mass is 10.0. The van der Waals surface area contributed by atoms with E-state index in [0.717, 1.165) is 24.4 Å². The summed E-state index contributed by atoms with van der Waals surface area (Å²) in [6.07, 6.45) is 2.21. The third-order valence-corrected chi connectivity index (χ3v) is 6.38. The van der Waals surface area contributed by atoms with Crippen LogP contribution in [0.15, 0.2) is 16.2 Å². The second kappa shape index (κ2) is 6.19. The lowest BCUT2D eigenvalue weighted by Crippen LogP contribution is -2.42. The second-order valence-electron chi connectivity index (χ2n) is 8.56. The molecule has 0 unspecified atom stereocenters. The van der Waals surface area contributed by atoms with Crippen LogP contribution in [0.25, 0.3) is 0 Å². The maximum absolute atomic E-state index is 12.8. The average Bonchev–Trinajstić information content (AvgIpc) is 3.28. The minimum atomic E-state index is -0.552. The van der Waals surface area contributed by atoms with E-state index in [-0.39, 0.29) is 23.6 Å². The first-order valence-corrected chi connectivity index (χ1v) is 10.2. The average molecular weight is 388 g/mol.